The molecule has 0 amide bonds. The first-order chi connectivity index (χ1) is 33.0. The molecule has 6 rings (SSSR count). The summed E-state index contributed by atoms with van der Waals surface area (Å²) in [5, 5.41) is 18.4. The number of halogens is 5. The number of benzene rings is 6. The molecule has 71 heavy (non-hydrogen) atoms. The second-order valence-corrected chi connectivity index (χ2v) is 23.0. The molecular weight excluding hydrogens is 1040 g/mol. The van der Waals surface area contributed by atoms with Gasteiger partial charge in [-0.25, -0.2) is 42.8 Å². The van der Waals surface area contributed by atoms with Gasteiger partial charge in [-0.15, -0.1) is 0 Å². The van der Waals surface area contributed by atoms with Gasteiger partial charge in [0.1, 0.15) is 72.0 Å². The number of ether oxygens (including phenoxy) is 1. The number of carbonyl (C=O) groups is 2. The largest absolute Gasteiger partial charge is 0.508 e. The van der Waals surface area contributed by atoms with E-state index in [0.29, 0.717) is 11.1 Å². The van der Waals surface area contributed by atoms with E-state index < -0.39 is 112 Å². The molecular formula is C46H43ClF4N2O14S4. The topological polar surface area (TPSA) is 254 Å². The van der Waals surface area contributed by atoms with Crippen LogP contribution >= 0.6 is 10.7 Å². The maximum Gasteiger partial charge on any atom is 0.342 e. The van der Waals surface area contributed by atoms with Crippen molar-refractivity contribution in [2.24, 2.45) is 0 Å². The standard InChI is InChI=1S/C25H25F2NO7S2.C15H14FNO5S.C6H4ClFO2S/c1-25(2,3)34-24(29)21(28-36(30,31)22-10-6-4-8-19(22)26)16-17-12-14-18(15-13-17)35-37(32,33)23-11-7-5-9-20(23)27;16-12-3-1-2-4-14(12)23(21,22)17-13(15(19)20)9-10-5-7-11(18)8-6-10;7-11(9,10)6-4-2-1-3-5(6)8/h4-15,21,28H,16H2,1-3H3;1-8,13,17-18H,9H2,(H,19,20);1-4H/t21-;13-;/m11./s1. The summed E-state index contributed by atoms with van der Waals surface area (Å²) >= 11 is 0. The lowest BCUT2D eigenvalue weighted by atomic mass is 10.1. The second-order valence-electron chi connectivity index (χ2n) is 15.6. The molecule has 0 aromatic heterocycles. The Kier molecular flexibility index (Phi) is 19.4. The third-order valence-electron chi connectivity index (χ3n) is 8.99. The molecule has 16 nitrogen and oxygen atoms in total. The molecule has 0 aliphatic carbocycles. The van der Waals surface area contributed by atoms with Crippen LogP contribution in [-0.2, 0) is 66.4 Å². The first-order valence-corrected chi connectivity index (χ1v) is 26.9. The molecule has 4 N–H and O–H groups in total. The average molecular weight is 1090 g/mol. The Balaban J connectivity index is 0.000000271. The minimum Gasteiger partial charge on any atom is -0.508 e. The number of carbonyl (C=O) groups excluding carboxylic acids is 1. The van der Waals surface area contributed by atoms with E-state index >= 15 is 0 Å². The number of phenols is 1. The van der Waals surface area contributed by atoms with Crippen molar-refractivity contribution in [3.8, 4) is 11.5 Å². The third-order valence-corrected chi connectivity index (χ3v) is 14.6. The van der Waals surface area contributed by atoms with Gasteiger partial charge in [0, 0.05) is 10.7 Å². The van der Waals surface area contributed by atoms with Crippen LogP contribution in [0.3, 0.4) is 0 Å². The number of esters is 1. The number of sulfonamides is 2. The fourth-order valence-corrected chi connectivity index (χ4v) is 10.3. The highest BCUT2D eigenvalue weighted by molar-refractivity contribution is 8.13. The molecule has 6 aromatic carbocycles. The lowest BCUT2D eigenvalue weighted by Crippen LogP contribution is -2.45. The van der Waals surface area contributed by atoms with Crippen LogP contribution in [0.1, 0.15) is 31.9 Å². The number of phenolic OH excluding ortho intramolecular Hbond substituents is 1. The van der Waals surface area contributed by atoms with E-state index in [1.54, 1.807) is 20.8 Å². The molecule has 2 atom stereocenters. The minimum atomic E-state index is -4.45. The maximum absolute atomic E-state index is 14.1. The van der Waals surface area contributed by atoms with Gasteiger partial charge in [-0.1, -0.05) is 72.8 Å². The Morgan fingerprint density at radius 2 is 0.901 bits per heavy atom. The van der Waals surface area contributed by atoms with Gasteiger partial charge in [0.15, 0.2) is 0 Å². The smallest absolute Gasteiger partial charge is 0.342 e. The van der Waals surface area contributed by atoms with Crippen molar-refractivity contribution in [2.45, 2.75) is 70.9 Å². The third kappa shape index (κ3) is 17.4. The van der Waals surface area contributed by atoms with Crippen LogP contribution in [0, 0.1) is 23.3 Å². The van der Waals surface area contributed by atoms with E-state index in [-0.39, 0.29) is 24.3 Å². The van der Waals surface area contributed by atoms with E-state index in [1.807, 2.05) is 4.72 Å². The average Bonchev–Trinajstić information content (AvgIpc) is 3.27. The zero-order chi connectivity index (χ0) is 53.0. The van der Waals surface area contributed by atoms with Gasteiger partial charge in [0.05, 0.1) is 0 Å². The molecule has 0 bridgehead atoms. The quantitative estimate of drug-likeness (QED) is 0.0323. The number of hydrogen-bond donors (Lipinski definition) is 4. The van der Waals surface area contributed by atoms with Crippen molar-refractivity contribution in [3.05, 3.63) is 180 Å². The van der Waals surface area contributed by atoms with Crippen LogP contribution in [0.4, 0.5) is 17.6 Å². The van der Waals surface area contributed by atoms with E-state index in [4.69, 9.17) is 19.6 Å². The molecule has 0 aliphatic heterocycles. The summed E-state index contributed by atoms with van der Waals surface area (Å²) in [4.78, 5) is 21.7. The number of aromatic hydroxyl groups is 1. The molecule has 0 heterocycles. The number of carboxylic acid groups (broad SMARTS) is 1. The number of hydrogen-bond acceptors (Lipinski definition) is 13. The number of carboxylic acids is 1. The van der Waals surface area contributed by atoms with E-state index in [2.05, 4.69) is 4.72 Å². The Bertz CT molecular complexity index is 3290. The summed E-state index contributed by atoms with van der Waals surface area (Å²) in [5.41, 5.74) is -0.0217. The molecule has 380 valence electrons. The predicted molar refractivity (Wildman–Crippen MR) is 250 cm³/mol. The van der Waals surface area contributed by atoms with Gasteiger partial charge in [-0.05, 0) is 118 Å². The van der Waals surface area contributed by atoms with Crippen LogP contribution < -0.4 is 13.6 Å². The Morgan fingerprint density at radius 3 is 1.27 bits per heavy atom. The first-order valence-electron chi connectivity index (χ1n) is 20.2. The number of nitrogens with one attached hydrogen (secondary N) is 2. The Hall–Kier alpha value is -6.41. The fourth-order valence-electron chi connectivity index (χ4n) is 5.80. The number of rotatable bonds is 16. The monoisotopic (exact) mass is 1090 g/mol. The summed E-state index contributed by atoms with van der Waals surface area (Å²) < 4.78 is 165. The maximum atomic E-state index is 14.1. The second kappa shape index (κ2) is 24.1. The molecule has 0 spiro atoms. The zero-order valence-electron chi connectivity index (χ0n) is 37.2. The van der Waals surface area contributed by atoms with Gasteiger partial charge >= 0.3 is 22.1 Å². The molecule has 0 fully saturated rings. The summed E-state index contributed by atoms with van der Waals surface area (Å²) in [5.74, 6) is -6.17. The highest BCUT2D eigenvalue weighted by Gasteiger charge is 2.32. The van der Waals surface area contributed by atoms with E-state index in [0.717, 1.165) is 48.5 Å². The lowest BCUT2D eigenvalue weighted by molar-refractivity contribution is -0.157. The predicted octanol–water partition coefficient (Wildman–Crippen LogP) is 7.22. The fraction of sp³-hybridized carbons (Fsp3) is 0.174. The van der Waals surface area contributed by atoms with Gasteiger partial charge in [-0.2, -0.15) is 17.9 Å². The van der Waals surface area contributed by atoms with Gasteiger partial charge in [0.2, 0.25) is 20.0 Å². The van der Waals surface area contributed by atoms with E-state index in [1.165, 1.54) is 97.1 Å². The van der Waals surface area contributed by atoms with Crippen LogP contribution in [-0.4, -0.2) is 73.5 Å². The molecule has 0 aliphatic rings. The van der Waals surface area contributed by atoms with Crippen LogP contribution in [0.15, 0.2) is 165 Å². The van der Waals surface area contributed by atoms with Gasteiger partial charge in [0.25, 0.3) is 9.05 Å². The first kappa shape index (κ1) is 57.2. The minimum absolute atomic E-state index is 0.00700. The van der Waals surface area contributed by atoms with Crippen LogP contribution in [0.2, 0.25) is 0 Å². The van der Waals surface area contributed by atoms with Gasteiger partial charge < -0.3 is 19.1 Å². The lowest BCUT2D eigenvalue weighted by Gasteiger charge is -2.24. The van der Waals surface area contributed by atoms with E-state index in [9.17, 15) is 71.0 Å². The molecule has 25 heteroatoms. The number of aliphatic carboxylic acids is 1. The Labute approximate surface area is 411 Å². The summed E-state index contributed by atoms with van der Waals surface area (Å²) in [6, 6.07) is 27.2. The van der Waals surface area contributed by atoms with Gasteiger partial charge in [-0.3, -0.25) is 9.59 Å². The summed E-state index contributed by atoms with van der Waals surface area (Å²) in [7, 11) is -12.3. The van der Waals surface area contributed by atoms with Crippen molar-refractivity contribution < 1.29 is 80.0 Å². The molecule has 0 unspecified atom stereocenters. The van der Waals surface area contributed by atoms with Crippen LogP contribution in [0.25, 0.3) is 0 Å². The molecule has 0 saturated heterocycles. The Morgan fingerprint density at radius 1 is 0.549 bits per heavy atom. The van der Waals surface area contributed by atoms with Crippen molar-refractivity contribution in [1.29, 1.82) is 0 Å². The van der Waals surface area contributed by atoms with Crippen LogP contribution in [0.5, 0.6) is 11.5 Å². The highest BCUT2D eigenvalue weighted by Crippen LogP contribution is 2.24. The van der Waals surface area contributed by atoms with Crippen molar-refractivity contribution >= 4 is 61.8 Å². The van der Waals surface area contributed by atoms with Crippen molar-refractivity contribution in [3.63, 3.8) is 0 Å². The van der Waals surface area contributed by atoms with Crippen molar-refractivity contribution in [2.75, 3.05) is 0 Å². The molecule has 0 saturated carbocycles. The normalized spacial score (nSPS) is 12.7. The molecule has 0 radical (unpaired) electrons. The molecule has 6 aromatic rings. The zero-order valence-corrected chi connectivity index (χ0v) is 41.3. The van der Waals surface area contributed by atoms with Crippen molar-refractivity contribution in [1.82, 2.24) is 9.44 Å². The summed E-state index contributed by atoms with van der Waals surface area (Å²) in [6.45, 7) is 4.82. The highest BCUT2D eigenvalue weighted by atomic mass is 35.7. The summed E-state index contributed by atoms with van der Waals surface area (Å²) in [6.07, 6.45) is -0.355. The SMILES string of the molecule is CC(C)(C)OC(=O)[C@@H](Cc1ccc(OS(=O)(=O)c2ccccc2F)cc1)NS(=O)(=O)c1ccccc1F.O=C(O)[C@@H](Cc1ccc(O)cc1)NS(=O)(=O)c1ccccc1F.O=S(=O)(Cl)c1ccccc1F.